The van der Waals surface area contributed by atoms with Gasteiger partial charge in [0.25, 0.3) is 5.56 Å². The normalized spacial score (nSPS) is 12.1. The number of H-pyrrole nitrogens is 1. The first kappa shape index (κ1) is 15.8. The zero-order valence-electron chi connectivity index (χ0n) is 13.4. The summed E-state index contributed by atoms with van der Waals surface area (Å²) in [6.07, 6.45) is 0.717. The van der Waals surface area contributed by atoms with Crippen LogP contribution in [0.3, 0.4) is 0 Å². The Morgan fingerprint density at radius 1 is 1.12 bits per heavy atom. The molecule has 0 aliphatic carbocycles. The molecule has 1 atom stereocenters. The maximum absolute atomic E-state index is 12.2. The maximum atomic E-state index is 12.2. The molecule has 3 rings (SSSR count). The van der Waals surface area contributed by atoms with Crippen molar-refractivity contribution in [3.63, 3.8) is 0 Å². The number of hydrogen-bond donors (Lipinski definition) is 2. The third-order valence-corrected chi connectivity index (χ3v) is 3.97. The maximum Gasteiger partial charge on any atom is 0.344 e. The van der Waals surface area contributed by atoms with Crippen LogP contribution in [-0.4, -0.2) is 22.2 Å². The van der Waals surface area contributed by atoms with E-state index in [-0.39, 0.29) is 5.56 Å². The molecule has 2 N–H and O–H groups in total. The highest BCUT2D eigenvalue weighted by molar-refractivity contribution is 5.97. The molecule has 24 heavy (non-hydrogen) atoms. The van der Waals surface area contributed by atoms with Crippen LogP contribution < -0.4 is 10.3 Å². The monoisotopic (exact) mass is 323 g/mol. The molecular weight excluding hydrogens is 306 g/mol. The lowest BCUT2D eigenvalue weighted by Gasteiger charge is -2.13. The molecule has 5 nitrogen and oxygen atoms in total. The Morgan fingerprint density at radius 3 is 2.58 bits per heavy atom. The van der Waals surface area contributed by atoms with E-state index < -0.39 is 12.1 Å². The zero-order valence-corrected chi connectivity index (χ0v) is 13.4. The number of fused-ring (bicyclic) bond motifs is 1. The number of pyridine rings is 1. The minimum absolute atomic E-state index is 0.240. The van der Waals surface area contributed by atoms with Crippen LogP contribution in [0.1, 0.15) is 12.5 Å². The first-order valence-corrected chi connectivity index (χ1v) is 7.58. The van der Waals surface area contributed by atoms with E-state index in [0.29, 0.717) is 11.1 Å². The molecule has 5 heteroatoms. The summed E-state index contributed by atoms with van der Waals surface area (Å²) >= 11 is 0. The van der Waals surface area contributed by atoms with Gasteiger partial charge in [0.1, 0.15) is 5.75 Å². The van der Waals surface area contributed by atoms with E-state index in [0.717, 1.165) is 22.1 Å². The molecule has 122 valence electrons. The van der Waals surface area contributed by atoms with Crippen molar-refractivity contribution < 1.29 is 14.6 Å². The molecule has 0 amide bonds. The third-order valence-electron chi connectivity index (χ3n) is 3.97. The van der Waals surface area contributed by atoms with Gasteiger partial charge in [-0.2, -0.15) is 0 Å². The number of aliphatic carboxylic acids is 1. The Morgan fingerprint density at radius 2 is 1.88 bits per heavy atom. The van der Waals surface area contributed by atoms with Gasteiger partial charge in [-0.25, -0.2) is 4.79 Å². The Balaban J connectivity index is 2.15. The van der Waals surface area contributed by atoms with Crippen LogP contribution in [0.5, 0.6) is 5.75 Å². The standard InChI is InChI=1S/C19H17NO4/c1-11-5-3-4-6-14(11)17-10-20-18(21)16-9-13(7-8-15(16)17)24-12(2)19(22)23/h3-10,12H,1-2H3,(H,20,21)(H,22,23)/t12-/m1/s1. The summed E-state index contributed by atoms with van der Waals surface area (Å²) < 4.78 is 5.36. The molecule has 0 saturated carbocycles. The SMILES string of the molecule is Cc1ccccc1-c1c[nH]c(=O)c2cc(O[C@H](C)C(=O)O)ccc12. The number of ether oxygens (including phenoxy) is 1. The van der Waals surface area contributed by atoms with E-state index in [9.17, 15) is 9.59 Å². The Labute approximate surface area is 138 Å². The summed E-state index contributed by atoms with van der Waals surface area (Å²) in [5, 5.41) is 10.2. The van der Waals surface area contributed by atoms with Gasteiger partial charge in [-0.15, -0.1) is 0 Å². The van der Waals surface area contributed by atoms with Crippen molar-refractivity contribution in [3.8, 4) is 16.9 Å². The summed E-state index contributed by atoms with van der Waals surface area (Å²) in [6, 6.07) is 13.0. The fourth-order valence-electron chi connectivity index (χ4n) is 2.67. The number of carboxylic acids is 1. The van der Waals surface area contributed by atoms with Gasteiger partial charge in [-0.05, 0) is 48.6 Å². The van der Waals surface area contributed by atoms with Gasteiger partial charge >= 0.3 is 5.97 Å². The second-order valence-corrected chi connectivity index (χ2v) is 5.65. The Hall–Kier alpha value is -3.08. The smallest absolute Gasteiger partial charge is 0.344 e. The van der Waals surface area contributed by atoms with Crippen LogP contribution in [0.4, 0.5) is 0 Å². The van der Waals surface area contributed by atoms with E-state index >= 15 is 0 Å². The number of aromatic nitrogens is 1. The number of rotatable bonds is 4. The fourth-order valence-corrected chi connectivity index (χ4v) is 2.67. The van der Waals surface area contributed by atoms with Crippen molar-refractivity contribution in [2.24, 2.45) is 0 Å². The average molecular weight is 323 g/mol. The average Bonchev–Trinajstić information content (AvgIpc) is 2.56. The van der Waals surface area contributed by atoms with Gasteiger partial charge in [-0.3, -0.25) is 4.79 Å². The summed E-state index contributed by atoms with van der Waals surface area (Å²) in [4.78, 5) is 25.9. The van der Waals surface area contributed by atoms with E-state index in [4.69, 9.17) is 9.84 Å². The van der Waals surface area contributed by atoms with Gasteiger partial charge in [0.05, 0.1) is 5.39 Å². The lowest BCUT2D eigenvalue weighted by atomic mass is 9.97. The van der Waals surface area contributed by atoms with E-state index in [2.05, 4.69) is 4.98 Å². The highest BCUT2D eigenvalue weighted by Gasteiger charge is 2.14. The van der Waals surface area contributed by atoms with Gasteiger partial charge in [0, 0.05) is 11.8 Å². The molecule has 1 heterocycles. The number of carbonyl (C=O) groups is 1. The molecule has 0 bridgehead atoms. The lowest BCUT2D eigenvalue weighted by Crippen LogP contribution is -2.22. The third kappa shape index (κ3) is 2.88. The predicted octanol–water partition coefficient (Wildman–Crippen LogP) is 3.36. The second kappa shape index (κ2) is 6.20. The summed E-state index contributed by atoms with van der Waals surface area (Å²) in [5.74, 6) is -0.706. The van der Waals surface area contributed by atoms with Crippen molar-refractivity contribution in [2.45, 2.75) is 20.0 Å². The number of aromatic amines is 1. The van der Waals surface area contributed by atoms with Crippen LogP contribution in [0.25, 0.3) is 21.9 Å². The summed E-state index contributed by atoms with van der Waals surface area (Å²) in [7, 11) is 0. The molecule has 0 saturated heterocycles. The molecular formula is C19H17NO4. The molecule has 0 spiro atoms. The van der Waals surface area contributed by atoms with Crippen LogP contribution in [0, 0.1) is 6.92 Å². The number of benzene rings is 2. The molecule has 1 aromatic heterocycles. The molecule has 3 aromatic rings. The van der Waals surface area contributed by atoms with Crippen molar-refractivity contribution >= 4 is 16.7 Å². The number of hydrogen-bond acceptors (Lipinski definition) is 3. The van der Waals surface area contributed by atoms with Gasteiger partial charge in [0.15, 0.2) is 6.10 Å². The lowest BCUT2D eigenvalue weighted by molar-refractivity contribution is -0.144. The quantitative estimate of drug-likeness (QED) is 0.771. The van der Waals surface area contributed by atoms with Crippen LogP contribution in [-0.2, 0) is 4.79 Å². The van der Waals surface area contributed by atoms with Crippen LogP contribution in [0.2, 0.25) is 0 Å². The summed E-state index contributed by atoms with van der Waals surface area (Å²) in [6.45, 7) is 3.46. The van der Waals surface area contributed by atoms with Crippen LogP contribution >= 0.6 is 0 Å². The number of nitrogens with one attached hydrogen (secondary N) is 1. The zero-order chi connectivity index (χ0) is 17.3. The largest absolute Gasteiger partial charge is 0.479 e. The minimum Gasteiger partial charge on any atom is -0.479 e. The topological polar surface area (TPSA) is 79.4 Å². The fraction of sp³-hybridized carbons (Fsp3) is 0.158. The van der Waals surface area contributed by atoms with Gasteiger partial charge < -0.3 is 14.8 Å². The second-order valence-electron chi connectivity index (χ2n) is 5.65. The molecule has 0 fully saturated rings. The summed E-state index contributed by atoms with van der Waals surface area (Å²) in [5.41, 5.74) is 2.81. The molecule has 0 aliphatic heterocycles. The molecule has 0 aliphatic rings. The Kier molecular flexibility index (Phi) is 4.08. The van der Waals surface area contributed by atoms with Crippen molar-refractivity contribution in [2.75, 3.05) is 0 Å². The van der Waals surface area contributed by atoms with E-state index in [1.54, 1.807) is 24.4 Å². The molecule has 0 radical (unpaired) electrons. The number of aryl methyl sites for hydroxylation is 1. The number of carboxylic acid groups (broad SMARTS) is 1. The predicted molar refractivity (Wildman–Crippen MR) is 92.5 cm³/mol. The van der Waals surface area contributed by atoms with Crippen LogP contribution in [0.15, 0.2) is 53.5 Å². The van der Waals surface area contributed by atoms with E-state index in [1.807, 2.05) is 31.2 Å². The van der Waals surface area contributed by atoms with Crippen molar-refractivity contribution in [3.05, 3.63) is 64.6 Å². The Bertz CT molecular complexity index is 975. The van der Waals surface area contributed by atoms with Crippen molar-refractivity contribution in [1.82, 2.24) is 4.98 Å². The first-order chi connectivity index (χ1) is 11.5. The van der Waals surface area contributed by atoms with E-state index in [1.165, 1.54) is 6.92 Å². The first-order valence-electron chi connectivity index (χ1n) is 7.58. The molecule has 0 unspecified atom stereocenters. The van der Waals surface area contributed by atoms with Gasteiger partial charge in [0.2, 0.25) is 0 Å². The highest BCUT2D eigenvalue weighted by atomic mass is 16.5. The van der Waals surface area contributed by atoms with Crippen molar-refractivity contribution in [1.29, 1.82) is 0 Å². The minimum atomic E-state index is -1.06. The molecule has 2 aromatic carbocycles. The highest BCUT2D eigenvalue weighted by Crippen LogP contribution is 2.30. The van der Waals surface area contributed by atoms with Gasteiger partial charge in [-0.1, -0.05) is 24.3 Å².